The summed E-state index contributed by atoms with van der Waals surface area (Å²) in [5.41, 5.74) is 4.53. The lowest BCUT2D eigenvalue weighted by atomic mass is 9.86. The van der Waals surface area contributed by atoms with Crippen molar-refractivity contribution in [2.24, 2.45) is 5.92 Å². The number of nitrogens with zero attached hydrogens (tertiary/aromatic N) is 2. The van der Waals surface area contributed by atoms with Crippen molar-refractivity contribution >= 4 is 34.5 Å². The number of ether oxygens (including phenoxy) is 2. The van der Waals surface area contributed by atoms with Crippen molar-refractivity contribution < 1.29 is 29.3 Å². The number of hydrogen-bond acceptors (Lipinski definition) is 9. The number of fused-ring (bicyclic) bond motifs is 4. The third-order valence-corrected chi connectivity index (χ3v) is 12.4. The zero-order valence-electron chi connectivity index (χ0n) is 34.9. The lowest BCUT2D eigenvalue weighted by Gasteiger charge is -2.43. The first kappa shape index (κ1) is 43.5. The maximum atomic E-state index is 14.0. The maximum absolute atomic E-state index is 14.0. The van der Waals surface area contributed by atoms with Crippen molar-refractivity contribution in [1.29, 1.82) is 0 Å². The minimum absolute atomic E-state index is 0.0683. The number of carbonyl (C=O) groups excluding carboxylic acids is 2. The van der Waals surface area contributed by atoms with Gasteiger partial charge in [0.15, 0.2) is 0 Å². The van der Waals surface area contributed by atoms with Crippen LogP contribution in [0.25, 0.3) is 10.9 Å². The molecule has 4 heterocycles. The number of nitrogens with one attached hydrogen (secondary N) is 3. The Balaban J connectivity index is 0.880. The van der Waals surface area contributed by atoms with Gasteiger partial charge in [0.2, 0.25) is 5.56 Å². The summed E-state index contributed by atoms with van der Waals surface area (Å²) in [7, 11) is 0. The summed E-state index contributed by atoms with van der Waals surface area (Å²) in [5.74, 6) is 0.832. The number of benzene rings is 5. The molecule has 3 atom stereocenters. The second-order valence-corrected chi connectivity index (χ2v) is 16.7. The Labute approximate surface area is 371 Å². The average molecular weight is 870 g/mol. The SMILES string of the molecule is O=C(N[C@@H](c1ccccc1)c1cccc(OCc2ccc(C(=O)N(CCCNCC(O)c3ccc(O)c4[nH]c(=O)ccc34)Cc3ccccc3Cl)cc2)c1)OC1CN2CCC1CC2. The minimum atomic E-state index is -0.898. The maximum Gasteiger partial charge on any atom is 0.408 e. The number of phenolic OH excluding ortho intramolecular Hbond substituents is 1. The van der Waals surface area contributed by atoms with Crippen LogP contribution in [0.2, 0.25) is 5.02 Å². The van der Waals surface area contributed by atoms with E-state index in [4.69, 9.17) is 21.1 Å². The normalized spacial score (nSPS) is 17.8. The Hall–Kier alpha value is -6.18. The van der Waals surface area contributed by atoms with Crippen LogP contribution in [0, 0.1) is 5.92 Å². The van der Waals surface area contributed by atoms with Crippen molar-refractivity contribution in [3.8, 4) is 11.5 Å². The molecule has 12 nitrogen and oxygen atoms in total. The Morgan fingerprint density at radius 3 is 2.41 bits per heavy atom. The predicted octanol–water partition coefficient (Wildman–Crippen LogP) is 7.73. The van der Waals surface area contributed by atoms with Crippen LogP contribution in [0.3, 0.4) is 0 Å². The highest BCUT2D eigenvalue weighted by Gasteiger charge is 2.37. The van der Waals surface area contributed by atoms with E-state index in [2.05, 4.69) is 20.5 Å². The molecule has 3 saturated heterocycles. The number of piperidine rings is 3. The molecule has 3 aliphatic heterocycles. The largest absolute Gasteiger partial charge is 0.506 e. The van der Waals surface area contributed by atoms with Crippen molar-refractivity contribution in [3.63, 3.8) is 0 Å². The van der Waals surface area contributed by atoms with E-state index in [1.165, 1.54) is 12.1 Å². The molecule has 3 aliphatic rings. The van der Waals surface area contributed by atoms with Crippen LogP contribution < -0.4 is 20.9 Å². The molecule has 2 bridgehead atoms. The third kappa shape index (κ3) is 10.9. The molecule has 326 valence electrons. The number of H-pyrrole nitrogens is 1. The fourth-order valence-electron chi connectivity index (χ4n) is 8.59. The molecule has 0 saturated carbocycles. The summed E-state index contributed by atoms with van der Waals surface area (Å²) in [5, 5.41) is 28.8. The average Bonchev–Trinajstić information content (AvgIpc) is 3.31. The number of pyridine rings is 1. The van der Waals surface area contributed by atoms with Gasteiger partial charge in [-0.15, -0.1) is 0 Å². The number of aromatic nitrogens is 1. The number of aliphatic hydroxyl groups is 1. The molecule has 5 N–H and O–H groups in total. The second kappa shape index (κ2) is 20.3. The van der Waals surface area contributed by atoms with E-state index in [-0.39, 0.29) is 42.0 Å². The number of carbonyl (C=O) groups is 2. The number of aromatic hydroxyl groups is 1. The highest BCUT2D eigenvalue weighted by molar-refractivity contribution is 6.31. The number of amides is 2. The summed E-state index contributed by atoms with van der Waals surface area (Å²) in [6.45, 7) is 4.67. The molecule has 0 spiro atoms. The molecule has 2 unspecified atom stereocenters. The molecule has 0 radical (unpaired) electrons. The fraction of sp³-hybridized carbons (Fsp3) is 0.300. The lowest BCUT2D eigenvalue weighted by molar-refractivity contribution is -0.0336. The highest BCUT2D eigenvalue weighted by atomic mass is 35.5. The van der Waals surface area contributed by atoms with Crippen molar-refractivity contribution in [2.75, 3.05) is 39.3 Å². The summed E-state index contributed by atoms with van der Waals surface area (Å²) in [6.07, 6.45) is 1.29. The highest BCUT2D eigenvalue weighted by Crippen LogP contribution is 2.32. The van der Waals surface area contributed by atoms with Gasteiger partial charge in [0.05, 0.1) is 17.7 Å². The van der Waals surface area contributed by atoms with E-state index in [0.29, 0.717) is 59.3 Å². The van der Waals surface area contributed by atoms with Crippen LogP contribution >= 0.6 is 11.6 Å². The van der Waals surface area contributed by atoms with E-state index < -0.39 is 18.2 Å². The van der Waals surface area contributed by atoms with Crippen LogP contribution in [-0.4, -0.2) is 82.4 Å². The summed E-state index contributed by atoms with van der Waals surface area (Å²) in [6, 6.07) is 38.0. The van der Waals surface area contributed by atoms with Gasteiger partial charge in [-0.1, -0.05) is 90.5 Å². The van der Waals surface area contributed by atoms with Crippen molar-refractivity contribution in [3.05, 3.63) is 176 Å². The van der Waals surface area contributed by atoms with Crippen LogP contribution in [-0.2, 0) is 17.9 Å². The topological polar surface area (TPSA) is 156 Å². The number of phenols is 1. The first-order valence-electron chi connectivity index (χ1n) is 21.5. The smallest absolute Gasteiger partial charge is 0.408 e. The van der Waals surface area contributed by atoms with E-state index in [0.717, 1.165) is 54.7 Å². The van der Waals surface area contributed by atoms with E-state index >= 15 is 0 Å². The molecule has 2 amide bonds. The Kier molecular flexibility index (Phi) is 14.0. The monoisotopic (exact) mass is 869 g/mol. The number of aromatic amines is 1. The quantitative estimate of drug-likeness (QED) is 0.0579. The van der Waals surface area contributed by atoms with Crippen LogP contribution in [0.1, 0.15) is 69.6 Å². The molecule has 6 aromatic rings. The van der Waals surface area contributed by atoms with Crippen LogP contribution in [0.15, 0.2) is 132 Å². The zero-order chi connectivity index (χ0) is 43.7. The van der Waals surface area contributed by atoms with Gasteiger partial charge in [0.25, 0.3) is 5.91 Å². The Morgan fingerprint density at radius 2 is 1.65 bits per heavy atom. The molecule has 5 aromatic carbocycles. The molecule has 9 rings (SSSR count). The third-order valence-electron chi connectivity index (χ3n) is 12.0. The molecular weight excluding hydrogens is 818 g/mol. The first-order valence-corrected chi connectivity index (χ1v) is 21.9. The van der Waals surface area contributed by atoms with Gasteiger partial charge in [-0.05, 0) is 115 Å². The molecule has 1 aromatic heterocycles. The minimum Gasteiger partial charge on any atom is -0.506 e. The lowest BCUT2D eigenvalue weighted by Crippen LogP contribution is -2.52. The number of alkyl carbamates (subject to hydrolysis) is 1. The van der Waals surface area contributed by atoms with E-state index in [1.54, 1.807) is 35.2 Å². The van der Waals surface area contributed by atoms with Crippen molar-refractivity contribution in [1.82, 2.24) is 25.4 Å². The molecule has 0 aliphatic carbocycles. The van der Waals surface area contributed by atoms with E-state index in [9.17, 15) is 24.6 Å². The van der Waals surface area contributed by atoms with Gasteiger partial charge in [0, 0.05) is 48.2 Å². The second-order valence-electron chi connectivity index (χ2n) is 16.3. The van der Waals surface area contributed by atoms with Gasteiger partial charge >= 0.3 is 6.09 Å². The molecule has 13 heteroatoms. The van der Waals surface area contributed by atoms with Gasteiger partial charge < -0.3 is 40.2 Å². The summed E-state index contributed by atoms with van der Waals surface area (Å²) >= 11 is 6.54. The van der Waals surface area contributed by atoms with Gasteiger partial charge in [-0.25, -0.2) is 4.79 Å². The Morgan fingerprint density at radius 1 is 0.889 bits per heavy atom. The van der Waals surface area contributed by atoms with Gasteiger partial charge in [-0.3, -0.25) is 14.5 Å². The van der Waals surface area contributed by atoms with Crippen LogP contribution in [0.4, 0.5) is 4.79 Å². The van der Waals surface area contributed by atoms with Crippen molar-refractivity contribution in [2.45, 2.75) is 50.7 Å². The van der Waals surface area contributed by atoms with Crippen LogP contribution in [0.5, 0.6) is 11.5 Å². The molecule has 63 heavy (non-hydrogen) atoms. The standard InChI is InChI=1S/C50H52ClN5O7/c51-42-13-5-4-10-38(42)30-56(25-7-24-52-29-44(58)40-18-20-43(57)48-41(40)19-21-46(59)53-48)49(60)36-16-14-33(15-17-36)32-62-39-12-6-11-37(28-39)47(35-8-2-1-3-9-35)54-50(61)63-45-31-55-26-22-34(45)23-27-55/h1-6,8-21,28,34,44-45,47,52,57-58H,7,22-27,29-32H2,(H,53,59)(H,54,61)/t44?,45?,47-/m0/s1. The molecular formula is C50H52ClN5O7. The predicted molar refractivity (Wildman–Crippen MR) is 243 cm³/mol. The van der Waals surface area contributed by atoms with Gasteiger partial charge in [0.1, 0.15) is 24.2 Å². The number of aliphatic hydroxyl groups excluding tert-OH is 1. The fourth-order valence-corrected chi connectivity index (χ4v) is 8.79. The van der Waals surface area contributed by atoms with Gasteiger partial charge in [-0.2, -0.15) is 0 Å². The number of hydrogen-bond donors (Lipinski definition) is 5. The Bertz CT molecular complexity index is 2560. The zero-order valence-corrected chi connectivity index (χ0v) is 35.7. The first-order chi connectivity index (χ1) is 30.7. The molecule has 3 fully saturated rings. The summed E-state index contributed by atoms with van der Waals surface area (Å²) in [4.78, 5) is 45.9. The summed E-state index contributed by atoms with van der Waals surface area (Å²) < 4.78 is 12.3. The number of halogens is 1. The van der Waals surface area contributed by atoms with E-state index in [1.807, 2.05) is 84.9 Å². The number of rotatable bonds is 17.